The number of nitrogens with zero attached hydrogens (tertiary/aromatic N) is 1. The highest BCUT2D eigenvalue weighted by Crippen LogP contribution is 2.34. The van der Waals surface area contributed by atoms with E-state index in [1.165, 1.54) is 24.3 Å². The lowest BCUT2D eigenvalue weighted by Gasteiger charge is -2.37. The predicted octanol–water partition coefficient (Wildman–Crippen LogP) is 4.10. The first-order chi connectivity index (χ1) is 14.1. The SMILES string of the molecule is O=C(NCC1(c2ccc(F)cc2)CCOCC1)c1cc(-c2ccccc2F)on1. The van der Waals surface area contributed by atoms with E-state index in [2.05, 4.69) is 10.5 Å². The predicted molar refractivity (Wildman–Crippen MR) is 102 cm³/mol. The summed E-state index contributed by atoms with van der Waals surface area (Å²) >= 11 is 0. The number of hydrogen-bond donors (Lipinski definition) is 1. The van der Waals surface area contributed by atoms with E-state index in [9.17, 15) is 13.6 Å². The molecule has 1 aliphatic rings. The molecule has 1 aliphatic heterocycles. The van der Waals surface area contributed by atoms with Gasteiger partial charge in [-0.3, -0.25) is 4.79 Å². The normalized spacial score (nSPS) is 15.8. The fourth-order valence-electron chi connectivity index (χ4n) is 3.64. The molecule has 0 unspecified atom stereocenters. The Kier molecular flexibility index (Phi) is 5.40. The Balaban J connectivity index is 1.50. The van der Waals surface area contributed by atoms with Gasteiger partial charge in [0.05, 0.1) is 5.56 Å². The van der Waals surface area contributed by atoms with Crippen molar-refractivity contribution in [1.29, 1.82) is 0 Å². The molecule has 0 spiro atoms. The Morgan fingerprint density at radius 2 is 1.79 bits per heavy atom. The average Bonchev–Trinajstić information content (AvgIpc) is 3.24. The fraction of sp³-hybridized carbons (Fsp3) is 0.273. The minimum atomic E-state index is -0.451. The minimum Gasteiger partial charge on any atom is -0.381 e. The molecule has 7 heteroatoms. The minimum absolute atomic E-state index is 0.0737. The smallest absolute Gasteiger partial charge is 0.273 e. The van der Waals surface area contributed by atoms with Gasteiger partial charge in [0.25, 0.3) is 5.91 Å². The number of aromatic nitrogens is 1. The molecule has 3 aromatic rings. The summed E-state index contributed by atoms with van der Waals surface area (Å²) in [5.74, 6) is -0.978. The number of benzene rings is 2. The summed E-state index contributed by atoms with van der Waals surface area (Å²) in [6.07, 6.45) is 1.41. The van der Waals surface area contributed by atoms with E-state index in [1.807, 2.05) is 0 Å². The Hall–Kier alpha value is -3.06. The molecule has 29 heavy (non-hydrogen) atoms. The summed E-state index contributed by atoms with van der Waals surface area (Å²) in [5, 5.41) is 6.67. The summed E-state index contributed by atoms with van der Waals surface area (Å²) in [4.78, 5) is 12.6. The number of nitrogens with one attached hydrogen (secondary N) is 1. The second-order valence-corrected chi connectivity index (χ2v) is 7.14. The zero-order valence-corrected chi connectivity index (χ0v) is 15.7. The summed E-state index contributed by atoms with van der Waals surface area (Å²) in [6, 6.07) is 13.9. The van der Waals surface area contributed by atoms with Crippen LogP contribution in [0.15, 0.2) is 59.1 Å². The topological polar surface area (TPSA) is 64.4 Å². The van der Waals surface area contributed by atoms with Crippen LogP contribution in [0.25, 0.3) is 11.3 Å². The van der Waals surface area contributed by atoms with E-state index in [0.29, 0.717) is 32.6 Å². The van der Waals surface area contributed by atoms with Crippen LogP contribution in [0.3, 0.4) is 0 Å². The number of carbonyl (C=O) groups is 1. The van der Waals surface area contributed by atoms with Crippen molar-refractivity contribution in [3.8, 4) is 11.3 Å². The maximum absolute atomic E-state index is 13.9. The van der Waals surface area contributed by atoms with Crippen molar-refractivity contribution < 1.29 is 22.8 Å². The third-order valence-corrected chi connectivity index (χ3v) is 5.38. The Bertz CT molecular complexity index is 995. The average molecular weight is 398 g/mol. The molecule has 0 bridgehead atoms. The highest BCUT2D eigenvalue weighted by molar-refractivity contribution is 5.93. The van der Waals surface area contributed by atoms with Crippen molar-refractivity contribution in [3.63, 3.8) is 0 Å². The van der Waals surface area contributed by atoms with Gasteiger partial charge in [-0.15, -0.1) is 0 Å². The van der Waals surface area contributed by atoms with Gasteiger partial charge in [-0.2, -0.15) is 0 Å². The van der Waals surface area contributed by atoms with Gasteiger partial charge in [0.1, 0.15) is 11.6 Å². The first kappa shape index (κ1) is 19.3. The fourth-order valence-corrected chi connectivity index (χ4v) is 3.64. The van der Waals surface area contributed by atoms with Crippen LogP contribution in [-0.2, 0) is 10.2 Å². The van der Waals surface area contributed by atoms with Gasteiger partial charge in [-0.1, -0.05) is 29.4 Å². The highest BCUT2D eigenvalue weighted by Gasteiger charge is 2.35. The molecule has 5 nitrogen and oxygen atoms in total. The third-order valence-electron chi connectivity index (χ3n) is 5.38. The standard InChI is InChI=1S/C22H20F2N2O3/c23-16-7-5-15(6-8-16)22(9-11-28-12-10-22)14-25-21(27)19-13-20(29-26-19)17-3-1-2-4-18(17)24/h1-8,13H,9-12,14H2,(H,25,27). The molecule has 2 aromatic carbocycles. The van der Waals surface area contributed by atoms with Gasteiger partial charge in [0.15, 0.2) is 11.5 Å². The number of amides is 1. The van der Waals surface area contributed by atoms with Crippen LogP contribution < -0.4 is 5.32 Å². The van der Waals surface area contributed by atoms with Gasteiger partial charge in [-0.05, 0) is 42.7 Å². The van der Waals surface area contributed by atoms with E-state index < -0.39 is 11.7 Å². The van der Waals surface area contributed by atoms with Gasteiger partial charge in [0, 0.05) is 31.2 Å². The molecular formula is C22H20F2N2O3. The second-order valence-electron chi connectivity index (χ2n) is 7.14. The monoisotopic (exact) mass is 398 g/mol. The number of halogens is 2. The Labute approximate surface area is 166 Å². The van der Waals surface area contributed by atoms with Crippen molar-refractivity contribution in [1.82, 2.24) is 10.5 Å². The third kappa shape index (κ3) is 4.05. The Morgan fingerprint density at radius 3 is 2.52 bits per heavy atom. The van der Waals surface area contributed by atoms with Crippen molar-refractivity contribution in [2.24, 2.45) is 0 Å². The number of rotatable bonds is 5. The Morgan fingerprint density at radius 1 is 1.07 bits per heavy atom. The molecule has 1 N–H and O–H groups in total. The van der Waals surface area contributed by atoms with Crippen LogP contribution in [-0.4, -0.2) is 30.8 Å². The molecular weight excluding hydrogens is 378 g/mol. The lowest BCUT2D eigenvalue weighted by molar-refractivity contribution is 0.0486. The van der Waals surface area contributed by atoms with Crippen LogP contribution >= 0.6 is 0 Å². The molecule has 1 saturated heterocycles. The van der Waals surface area contributed by atoms with Crippen molar-refractivity contribution in [2.75, 3.05) is 19.8 Å². The number of ether oxygens (including phenoxy) is 1. The first-order valence-electron chi connectivity index (χ1n) is 9.41. The molecule has 0 atom stereocenters. The summed E-state index contributed by atoms with van der Waals surface area (Å²) in [6.45, 7) is 1.48. The molecule has 2 heterocycles. The van der Waals surface area contributed by atoms with E-state index in [1.54, 1.807) is 30.3 Å². The number of hydrogen-bond acceptors (Lipinski definition) is 4. The number of carbonyl (C=O) groups excluding carboxylic acids is 1. The van der Waals surface area contributed by atoms with Crippen molar-refractivity contribution >= 4 is 5.91 Å². The van der Waals surface area contributed by atoms with Crippen molar-refractivity contribution in [3.05, 3.63) is 77.5 Å². The van der Waals surface area contributed by atoms with Crippen LogP contribution in [0, 0.1) is 11.6 Å². The second kappa shape index (κ2) is 8.13. The molecule has 4 rings (SSSR count). The highest BCUT2D eigenvalue weighted by atomic mass is 19.1. The molecule has 150 valence electrons. The van der Waals surface area contributed by atoms with Gasteiger partial charge >= 0.3 is 0 Å². The van der Waals surface area contributed by atoms with Crippen LogP contribution in [0.4, 0.5) is 8.78 Å². The lowest BCUT2D eigenvalue weighted by atomic mass is 9.74. The molecule has 0 saturated carbocycles. The molecule has 1 amide bonds. The van der Waals surface area contributed by atoms with E-state index >= 15 is 0 Å². The summed E-state index contributed by atoms with van der Waals surface area (Å²) in [7, 11) is 0. The first-order valence-corrected chi connectivity index (χ1v) is 9.41. The van der Waals surface area contributed by atoms with E-state index in [-0.39, 0.29) is 28.2 Å². The van der Waals surface area contributed by atoms with Gasteiger partial charge < -0.3 is 14.6 Å². The molecule has 0 aliphatic carbocycles. The molecule has 1 fully saturated rings. The summed E-state index contributed by atoms with van der Waals surface area (Å²) < 4.78 is 37.9. The zero-order chi connectivity index (χ0) is 20.3. The molecule has 0 radical (unpaired) electrons. The van der Waals surface area contributed by atoms with E-state index in [0.717, 1.165) is 5.56 Å². The molecule has 1 aromatic heterocycles. The van der Waals surface area contributed by atoms with Crippen LogP contribution in [0.2, 0.25) is 0 Å². The van der Waals surface area contributed by atoms with Gasteiger partial charge in [-0.25, -0.2) is 8.78 Å². The van der Waals surface area contributed by atoms with Crippen molar-refractivity contribution in [2.45, 2.75) is 18.3 Å². The quantitative estimate of drug-likeness (QED) is 0.703. The van der Waals surface area contributed by atoms with Gasteiger partial charge in [0.2, 0.25) is 0 Å². The van der Waals surface area contributed by atoms with Crippen LogP contribution in [0.5, 0.6) is 0 Å². The zero-order valence-electron chi connectivity index (χ0n) is 15.7. The van der Waals surface area contributed by atoms with Crippen LogP contribution in [0.1, 0.15) is 28.9 Å². The van der Waals surface area contributed by atoms with E-state index in [4.69, 9.17) is 9.26 Å². The maximum Gasteiger partial charge on any atom is 0.273 e. The summed E-state index contributed by atoms with van der Waals surface area (Å²) in [5.41, 5.74) is 0.922. The lowest BCUT2D eigenvalue weighted by Crippen LogP contribution is -2.44. The maximum atomic E-state index is 13.9. The largest absolute Gasteiger partial charge is 0.381 e.